The van der Waals surface area contributed by atoms with Gasteiger partial charge >= 0.3 is 16.5 Å². The summed E-state index contributed by atoms with van der Waals surface area (Å²) in [5.41, 5.74) is 0.155. The van der Waals surface area contributed by atoms with Crippen LogP contribution in [0.4, 0.5) is 0 Å². The molecule has 0 aliphatic carbocycles. The van der Waals surface area contributed by atoms with Gasteiger partial charge in [-0.3, -0.25) is 0 Å². The van der Waals surface area contributed by atoms with Gasteiger partial charge in [0.2, 0.25) is 0 Å². The zero-order chi connectivity index (χ0) is 9.84. The van der Waals surface area contributed by atoms with E-state index in [-0.39, 0.29) is 22.1 Å². The zero-order valence-electron chi connectivity index (χ0n) is 6.91. The Morgan fingerprint density at radius 2 is 1.43 bits per heavy atom. The molecule has 0 radical (unpaired) electrons. The number of hydrogen-bond donors (Lipinski definition) is 0. The van der Waals surface area contributed by atoms with Crippen LogP contribution in [0.5, 0.6) is 0 Å². The van der Waals surface area contributed by atoms with E-state index in [9.17, 15) is 19.8 Å². The van der Waals surface area contributed by atoms with Gasteiger partial charge in [0, 0.05) is 0 Å². The molecule has 0 aliphatic heterocycles. The number of carboxylic acid groups (broad SMARTS) is 2. The van der Waals surface area contributed by atoms with Gasteiger partial charge in [0.15, 0.2) is 0 Å². The summed E-state index contributed by atoms with van der Waals surface area (Å²) >= 11 is 0. The second kappa shape index (κ2) is 5.40. The van der Waals surface area contributed by atoms with Gasteiger partial charge in [0.25, 0.3) is 0 Å². The van der Waals surface area contributed by atoms with E-state index in [1.54, 1.807) is 18.2 Å². The van der Waals surface area contributed by atoms with Crippen LogP contribution in [0.15, 0.2) is 30.3 Å². The van der Waals surface area contributed by atoms with E-state index in [1.807, 2.05) is 0 Å². The molecule has 76 valence electrons. The zero-order valence-corrected chi connectivity index (χ0v) is 7.90. The van der Waals surface area contributed by atoms with Crippen LogP contribution in [0.2, 0.25) is 0 Å². The molecular weight excluding hydrogens is 231 g/mol. The second-order valence-corrected chi connectivity index (χ2v) is 2.48. The number of carboxylic acids is 2. The van der Waals surface area contributed by atoms with Crippen molar-refractivity contribution in [3.8, 4) is 0 Å². The molecule has 0 aromatic heterocycles. The predicted molar refractivity (Wildman–Crippen MR) is 39.2 cm³/mol. The van der Waals surface area contributed by atoms with Crippen molar-refractivity contribution in [2.75, 3.05) is 0 Å². The monoisotopic (exact) mass is 236 g/mol. The SMILES string of the molecule is O=C([O-])C(C(=O)[O-])c1ccccc1.[Ni+2]. The fourth-order valence-corrected chi connectivity index (χ4v) is 1.01. The molecule has 0 spiro atoms. The van der Waals surface area contributed by atoms with Crippen molar-refractivity contribution >= 4 is 11.9 Å². The first-order chi connectivity index (χ1) is 6.13. The van der Waals surface area contributed by atoms with Crippen LogP contribution in [0.1, 0.15) is 11.5 Å². The molecule has 4 nitrogen and oxygen atoms in total. The van der Waals surface area contributed by atoms with Crippen LogP contribution >= 0.6 is 0 Å². The molecular formula is C9H6NiO4. The van der Waals surface area contributed by atoms with Gasteiger partial charge in [-0.05, 0) is 5.56 Å². The molecule has 0 heterocycles. The third kappa shape index (κ3) is 2.85. The summed E-state index contributed by atoms with van der Waals surface area (Å²) in [6.07, 6.45) is 0. The van der Waals surface area contributed by atoms with Gasteiger partial charge in [0.1, 0.15) is 0 Å². The Hall–Kier alpha value is -1.35. The van der Waals surface area contributed by atoms with E-state index >= 15 is 0 Å². The van der Waals surface area contributed by atoms with Gasteiger partial charge in [-0.1, -0.05) is 30.3 Å². The molecule has 14 heavy (non-hydrogen) atoms. The second-order valence-electron chi connectivity index (χ2n) is 2.48. The fourth-order valence-electron chi connectivity index (χ4n) is 1.01. The standard InChI is InChI=1S/C9H8O4.Ni/c10-8(11)7(9(12)13)6-4-2-1-3-5-6;/h1-5,7H,(H,10,11)(H,12,13);/q;+2/p-2. The minimum Gasteiger partial charge on any atom is -0.549 e. The minimum absolute atomic E-state index is 0. The summed E-state index contributed by atoms with van der Waals surface area (Å²) in [5.74, 6) is -5.02. The van der Waals surface area contributed by atoms with Crippen LogP contribution in [-0.2, 0) is 26.1 Å². The van der Waals surface area contributed by atoms with E-state index in [0.717, 1.165) is 0 Å². The quantitative estimate of drug-likeness (QED) is 0.462. The largest absolute Gasteiger partial charge is 2.00 e. The van der Waals surface area contributed by atoms with Crippen LogP contribution in [0, 0.1) is 0 Å². The first-order valence-electron chi connectivity index (χ1n) is 3.59. The maximum Gasteiger partial charge on any atom is 2.00 e. The summed E-state index contributed by atoms with van der Waals surface area (Å²) in [5, 5.41) is 20.8. The van der Waals surface area contributed by atoms with Crippen molar-refractivity contribution in [2.24, 2.45) is 0 Å². The molecule has 0 aliphatic rings. The first-order valence-corrected chi connectivity index (χ1v) is 3.59. The van der Waals surface area contributed by atoms with Gasteiger partial charge < -0.3 is 19.8 Å². The molecule has 0 atom stereocenters. The molecule has 0 N–H and O–H groups in total. The molecule has 1 aromatic carbocycles. The van der Waals surface area contributed by atoms with Crippen LogP contribution in [0.25, 0.3) is 0 Å². The Bertz CT molecular complexity index is 309. The van der Waals surface area contributed by atoms with E-state index < -0.39 is 17.9 Å². The summed E-state index contributed by atoms with van der Waals surface area (Å²) < 4.78 is 0. The van der Waals surface area contributed by atoms with Crippen LogP contribution < -0.4 is 10.2 Å². The van der Waals surface area contributed by atoms with E-state index in [4.69, 9.17) is 0 Å². The number of hydrogen-bond acceptors (Lipinski definition) is 4. The summed E-state index contributed by atoms with van der Waals surface area (Å²) in [7, 11) is 0. The minimum atomic E-state index is -1.69. The van der Waals surface area contributed by atoms with Crippen molar-refractivity contribution in [3.05, 3.63) is 35.9 Å². The maximum atomic E-state index is 10.4. The van der Waals surface area contributed by atoms with Crippen molar-refractivity contribution in [3.63, 3.8) is 0 Å². The smallest absolute Gasteiger partial charge is 0.549 e. The van der Waals surface area contributed by atoms with Crippen molar-refractivity contribution in [1.82, 2.24) is 0 Å². The summed E-state index contributed by atoms with van der Waals surface area (Å²) in [4.78, 5) is 20.8. The average Bonchev–Trinajstić information content (AvgIpc) is 2.04. The Labute approximate surface area is 90.5 Å². The number of carbonyl (C=O) groups is 2. The van der Waals surface area contributed by atoms with Gasteiger partial charge in [-0.25, -0.2) is 0 Å². The van der Waals surface area contributed by atoms with E-state index in [2.05, 4.69) is 0 Å². The molecule has 5 heteroatoms. The van der Waals surface area contributed by atoms with Crippen molar-refractivity contribution in [1.29, 1.82) is 0 Å². The Morgan fingerprint density at radius 1 is 1.00 bits per heavy atom. The molecule has 0 saturated carbocycles. The molecule has 0 unspecified atom stereocenters. The Kier molecular flexibility index (Phi) is 4.88. The Balaban J connectivity index is 0.00000169. The number of aliphatic carboxylic acids is 2. The molecule has 1 aromatic rings. The fraction of sp³-hybridized carbons (Fsp3) is 0.111. The number of carbonyl (C=O) groups excluding carboxylic acids is 2. The molecule has 0 saturated heterocycles. The number of benzene rings is 1. The third-order valence-electron chi connectivity index (χ3n) is 1.60. The normalized spacial score (nSPS) is 9.21. The van der Waals surface area contributed by atoms with Crippen molar-refractivity contribution in [2.45, 2.75) is 5.92 Å². The van der Waals surface area contributed by atoms with E-state index in [1.165, 1.54) is 12.1 Å². The van der Waals surface area contributed by atoms with Gasteiger partial charge in [0.05, 0.1) is 17.9 Å². The summed E-state index contributed by atoms with van der Waals surface area (Å²) in [6.45, 7) is 0. The van der Waals surface area contributed by atoms with E-state index in [0.29, 0.717) is 0 Å². The van der Waals surface area contributed by atoms with Gasteiger partial charge in [-0.15, -0.1) is 0 Å². The first kappa shape index (κ1) is 12.7. The summed E-state index contributed by atoms with van der Waals surface area (Å²) in [6, 6.07) is 7.56. The van der Waals surface area contributed by atoms with Crippen molar-refractivity contribution < 1.29 is 36.3 Å². The van der Waals surface area contributed by atoms with Gasteiger partial charge in [-0.2, -0.15) is 0 Å². The number of rotatable bonds is 3. The molecule has 0 amide bonds. The topological polar surface area (TPSA) is 80.3 Å². The van der Waals surface area contributed by atoms with Crippen LogP contribution in [-0.4, -0.2) is 11.9 Å². The average molecular weight is 237 g/mol. The third-order valence-corrected chi connectivity index (χ3v) is 1.60. The Morgan fingerprint density at radius 3 is 1.79 bits per heavy atom. The maximum absolute atomic E-state index is 10.4. The molecule has 0 bridgehead atoms. The van der Waals surface area contributed by atoms with Crippen LogP contribution in [0.3, 0.4) is 0 Å². The predicted octanol–water partition coefficient (Wildman–Crippen LogP) is -1.73. The molecule has 0 fully saturated rings. The molecule has 1 rings (SSSR count).